The number of rotatable bonds is 6. The predicted molar refractivity (Wildman–Crippen MR) is 97.1 cm³/mol. The van der Waals surface area contributed by atoms with E-state index in [-0.39, 0.29) is 5.91 Å². The van der Waals surface area contributed by atoms with Crippen LogP contribution in [-0.2, 0) is 6.61 Å². The minimum Gasteiger partial charge on any atom is -0.489 e. The Morgan fingerprint density at radius 3 is 2.56 bits per heavy atom. The average Bonchev–Trinajstić information content (AvgIpc) is 3.41. The van der Waals surface area contributed by atoms with Crippen molar-refractivity contribution in [1.82, 2.24) is 10.2 Å². The van der Waals surface area contributed by atoms with Gasteiger partial charge in [-0.25, -0.2) is 0 Å². The summed E-state index contributed by atoms with van der Waals surface area (Å²) in [5, 5.41) is 12.6. The number of benzene rings is 2. The van der Waals surface area contributed by atoms with E-state index in [1.165, 1.54) is 24.2 Å². The van der Waals surface area contributed by atoms with Gasteiger partial charge in [0, 0.05) is 11.5 Å². The van der Waals surface area contributed by atoms with E-state index < -0.39 is 0 Å². The van der Waals surface area contributed by atoms with Crippen molar-refractivity contribution in [2.75, 3.05) is 5.32 Å². The van der Waals surface area contributed by atoms with E-state index in [1.54, 1.807) is 12.1 Å². The Morgan fingerprint density at radius 1 is 1.08 bits per heavy atom. The lowest BCUT2D eigenvalue weighted by molar-refractivity contribution is 0.102. The number of ether oxygens (including phenoxy) is 1. The first-order valence-corrected chi connectivity index (χ1v) is 9.01. The maximum atomic E-state index is 12.3. The van der Waals surface area contributed by atoms with Gasteiger partial charge in [-0.2, -0.15) is 0 Å². The standard InChI is InChI=1S/C19H17N3O2S/c23-17(20-19-22-21-18(25-19)15-10-11-15)14-8-6-13(7-9-14)12-24-16-4-2-1-3-5-16/h1-9,15H,10-12H2,(H,20,22,23). The minimum atomic E-state index is -0.172. The molecule has 0 atom stereocenters. The maximum absolute atomic E-state index is 12.3. The Kier molecular flexibility index (Phi) is 4.43. The highest BCUT2D eigenvalue weighted by molar-refractivity contribution is 7.15. The van der Waals surface area contributed by atoms with Crippen LogP contribution in [0.4, 0.5) is 5.13 Å². The van der Waals surface area contributed by atoms with Crippen LogP contribution in [0.25, 0.3) is 0 Å². The second-order valence-electron chi connectivity index (χ2n) is 5.97. The third-order valence-corrected chi connectivity index (χ3v) is 4.95. The summed E-state index contributed by atoms with van der Waals surface area (Å²) in [7, 11) is 0. The molecule has 6 heteroatoms. The van der Waals surface area contributed by atoms with Gasteiger partial charge in [0.05, 0.1) is 0 Å². The Morgan fingerprint density at radius 2 is 1.84 bits per heavy atom. The number of para-hydroxylation sites is 1. The van der Waals surface area contributed by atoms with Crippen molar-refractivity contribution in [2.24, 2.45) is 0 Å². The molecule has 5 nitrogen and oxygen atoms in total. The third kappa shape index (κ3) is 4.03. The molecule has 0 saturated heterocycles. The van der Waals surface area contributed by atoms with E-state index >= 15 is 0 Å². The zero-order valence-electron chi connectivity index (χ0n) is 13.5. The second-order valence-corrected chi connectivity index (χ2v) is 6.98. The number of aromatic nitrogens is 2. The molecular weight excluding hydrogens is 334 g/mol. The molecule has 0 radical (unpaired) electrons. The largest absolute Gasteiger partial charge is 0.489 e. The van der Waals surface area contributed by atoms with E-state index in [2.05, 4.69) is 15.5 Å². The normalized spacial score (nSPS) is 13.4. The van der Waals surface area contributed by atoms with Gasteiger partial charge in [0.2, 0.25) is 5.13 Å². The zero-order valence-corrected chi connectivity index (χ0v) is 14.3. The van der Waals surface area contributed by atoms with Gasteiger partial charge in [-0.3, -0.25) is 10.1 Å². The predicted octanol–water partition coefficient (Wildman–Crippen LogP) is 4.25. The Balaban J connectivity index is 1.34. The number of nitrogens with one attached hydrogen (secondary N) is 1. The molecule has 25 heavy (non-hydrogen) atoms. The first-order chi connectivity index (χ1) is 12.3. The molecule has 0 aliphatic heterocycles. The fourth-order valence-corrected chi connectivity index (χ4v) is 3.29. The van der Waals surface area contributed by atoms with E-state index in [0.29, 0.717) is 23.2 Å². The first kappa shape index (κ1) is 15.8. The first-order valence-electron chi connectivity index (χ1n) is 8.19. The molecule has 2 aromatic carbocycles. The van der Waals surface area contributed by atoms with Gasteiger partial charge in [0.25, 0.3) is 5.91 Å². The summed E-state index contributed by atoms with van der Waals surface area (Å²) < 4.78 is 5.70. The number of hydrogen-bond acceptors (Lipinski definition) is 5. The number of carbonyl (C=O) groups is 1. The minimum absolute atomic E-state index is 0.172. The lowest BCUT2D eigenvalue weighted by Crippen LogP contribution is -2.11. The monoisotopic (exact) mass is 351 g/mol. The molecule has 1 aromatic heterocycles. The lowest BCUT2D eigenvalue weighted by Gasteiger charge is -2.07. The van der Waals surface area contributed by atoms with Crippen molar-refractivity contribution < 1.29 is 9.53 Å². The molecule has 1 aliphatic rings. The molecule has 1 fully saturated rings. The highest BCUT2D eigenvalue weighted by atomic mass is 32.1. The van der Waals surface area contributed by atoms with E-state index in [4.69, 9.17) is 4.74 Å². The lowest BCUT2D eigenvalue weighted by atomic mass is 10.1. The highest BCUT2D eigenvalue weighted by Gasteiger charge is 2.27. The van der Waals surface area contributed by atoms with Crippen molar-refractivity contribution in [3.05, 3.63) is 70.7 Å². The molecule has 1 N–H and O–H groups in total. The Bertz CT molecular complexity index is 858. The van der Waals surface area contributed by atoms with E-state index in [1.807, 2.05) is 42.5 Å². The van der Waals surface area contributed by atoms with Gasteiger partial charge in [-0.05, 0) is 42.7 Å². The number of amides is 1. The van der Waals surface area contributed by atoms with Gasteiger partial charge in [-0.1, -0.05) is 41.7 Å². The molecule has 0 unspecified atom stereocenters. The Hall–Kier alpha value is -2.73. The summed E-state index contributed by atoms with van der Waals surface area (Å²) in [4.78, 5) is 12.3. The van der Waals surface area contributed by atoms with Gasteiger partial charge in [0.15, 0.2) is 0 Å². The molecule has 1 aliphatic carbocycles. The maximum Gasteiger partial charge on any atom is 0.257 e. The average molecular weight is 351 g/mol. The van der Waals surface area contributed by atoms with Crippen molar-refractivity contribution in [1.29, 1.82) is 0 Å². The van der Waals surface area contributed by atoms with Crippen LogP contribution >= 0.6 is 11.3 Å². The van der Waals surface area contributed by atoms with Crippen LogP contribution in [0.2, 0.25) is 0 Å². The Labute approximate surface area is 149 Å². The van der Waals surface area contributed by atoms with Crippen molar-refractivity contribution in [2.45, 2.75) is 25.4 Å². The molecule has 0 bridgehead atoms. The molecule has 1 heterocycles. The van der Waals surface area contributed by atoms with E-state index in [0.717, 1.165) is 16.3 Å². The number of nitrogens with zero attached hydrogens (tertiary/aromatic N) is 2. The van der Waals surface area contributed by atoms with Crippen LogP contribution in [0.1, 0.15) is 39.7 Å². The van der Waals surface area contributed by atoms with E-state index in [9.17, 15) is 4.79 Å². The van der Waals surface area contributed by atoms with Crippen LogP contribution < -0.4 is 10.1 Å². The fraction of sp³-hybridized carbons (Fsp3) is 0.211. The van der Waals surface area contributed by atoms with Crippen LogP contribution in [0.5, 0.6) is 5.75 Å². The summed E-state index contributed by atoms with van der Waals surface area (Å²) in [6.45, 7) is 0.465. The summed E-state index contributed by atoms with van der Waals surface area (Å²) >= 11 is 1.46. The number of hydrogen-bond donors (Lipinski definition) is 1. The van der Waals surface area contributed by atoms with Crippen LogP contribution in [0, 0.1) is 0 Å². The number of carbonyl (C=O) groups excluding carboxylic acids is 1. The molecule has 3 aromatic rings. The van der Waals surface area contributed by atoms with Crippen LogP contribution in [-0.4, -0.2) is 16.1 Å². The van der Waals surface area contributed by atoms with Gasteiger partial charge in [-0.15, -0.1) is 10.2 Å². The third-order valence-electron chi connectivity index (χ3n) is 3.95. The van der Waals surface area contributed by atoms with Crippen molar-refractivity contribution in [3.63, 3.8) is 0 Å². The van der Waals surface area contributed by atoms with Gasteiger partial charge >= 0.3 is 0 Å². The molecule has 1 saturated carbocycles. The molecule has 126 valence electrons. The molecule has 0 spiro atoms. The van der Waals surface area contributed by atoms with Crippen LogP contribution in [0.15, 0.2) is 54.6 Å². The summed E-state index contributed by atoms with van der Waals surface area (Å²) in [6, 6.07) is 17.0. The quantitative estimate of drug-likeness (QED) is 0.721. The smallest absolute Gasteiger partial charge is 0.257 e. The number of anilines is 1. The molecular formula is C19H17N3O2S. The van der Waals surface area contributed by atoms with Gasteiger partial charge in [0.1, 0.15) is 17.4 Å². The SMILES string of the molecule is O=C(Nc1nnc(C2CC2)s1)c1ccc(COc2ccccc2)cc1. The van der Waals surface area contributed by atoms with Crippen molar-refractivity contribution >= 4 is 22.4 Å². The highest BCUT2D eigenvalue weighted by Crippen LogP contribution is 2.42. The second kappa shape index (κ2) is 7.03. The summed E-state index contributed by atoms with van der Waals surface area (Å²) in [5.41, 5.74) is 1.60. The van der Waals surface area contributed by atoms with Crippen LogP contribution in [0.3, 0.4) is 0 Å². The summed E-state index contributed by atoms with van der Waals surface area (Å²) in [6.07, 6.45) is 2.35. The summed E-state index contributed by atoms with van der Waals surface area (Å²) in [5.74, 6) is 1.20. The van der Waals surface area contributed by atoms with Crippen molar-refractivity contribution in [3.8, 4) is 5.75 Å². The fourth-order valence-electron chi connectivity index (χ4n) is 2.39. The molecule has 4 rings (SSSR count). The topological polar surface area (TPSA) is 64.1 Å². The van der Waals surface area contributed by atoms with Gasteiger partial charge < -0.3 is 4.74 Å². The molecule has 1 amide bonds. The zero-order chi connectivity index (χ0) is 17.1.